The van der Waals surface area contributed by atoms with Crippen molar-refractivity contribution in [3.63, 3.8) is 0 Å². The van der Waals surface area contributed by atoms with E-state index >= 15 is 0 Å². The van der Waals surface area contributed by atoms with Gasteiger partial charge in [-0.2, -0.15) is 5.90 Å². The number of carbonyl (C=O) groups excluding carboxylic acids is 1. The van der Waals surface area contributed by atoms with E-state index in [0.29, 0.717) is 0 Å². The predicted molar refractivity (Wildman–Crippen MR) is 19.1 cm³/mol. The lowest BCUT2D eigenvalue weighted by Crippen LogP contribution is -2.05. The zero-order valence-electron chi connectivity index (χ0n) is 2.97. The van der Waals surface area contributed by atoms with Crippen LogP contribution in [0.1, 0.15) is 0 Å². The lowest BCUT2D eigenvalue weighted by atomic mass is 10.7. The van der Waals surface area contributed by atoms with Crippen LogP contribution in [0.3, 0.4) is 0 Å². The van der Waals surface area contributed by atoms with Gasteiger partial charge >= 0.3 is 5.97 Å². The van der Waals surface area contributed by atoms with Gasteiger partial charge in [0.25, 0.3) is 0 Å². The minimum absolute atomic E-state index is 0.852. The third kappa shape index (κ3) is 1.32. The van der Waals surface area contributed by atoms with Crippen molar-refractivity contribution in [2.24, 2.45) is 5.90 Å². The van der Waals surface area contributed by atoms with Gasteiger partial charge in [-0.25, -0.2) is 4.79 Å². The van der Waals surface area contributed by atoms with Gasteiger partial charge in [0.2, 0.25) is 0 Å². The summed E-state index contributed by atoms with van der Waals surface area (Å²) in [6, 6.07) is 0. The minimum Gasteiger partial charge on any atom is -0.364 e. The van der Waals surface area contributed by atoms with Crippen molar-refractivity contribution < 1.29 is 9.63 Å². The molecule has 0 unspecified atom stereocenters. The van der Waals surface area contributed by atoms with Gasteiger partial charge in [0, 0.05) is 5.92 Å². The van der Waals surface area contributed by atoms with E-state index in [9.17, 15) is 4.79 Å². The lowest BCUT2D eigenvalue weighted by molar-refractivity contribution is -0.137. The van der Waals surface area contributed by atoms with Crippen molar-refractivity contribution in [3.8, 4) is 12.3 Å². The molecule has 0 aromatic heterocycles. The van der Waals surface area contributed by atoms with Crippen molar-refractivity contribution >= 4 is 5.97 Å². The third-order valence-electron chi connectivity index (χ3n) is 0.225. The Hall–Kier alpha value is -1.01. The molecule has 32 valence electrons. The van der Waals surface area contributed by atoms with Gasteiger partial charge in [0.1, 0.15) is 0 Å². The van der Waals surface area contributed by atoms with E-state index in [1.807, 2.05) is 0 Å². The molecule has 0 fully saturated rings. The van der Waals surface area contributed by atoms with Gasteiger partial charge in [0.15, 0.2) is 0 Å². The number of terminal acetylenes is 1. The third-order valence-corrected chi connectivity index (χ3v) is 0.225. The van der Waals surface area contributed by atoms with E-state index in [1.165, 1.54) is 0 Å². The lowest BCUT2D eigenvalue weighted by Gasteiger charge is -1.79. The molecule has 0 amide bonds. The van der Waals surface area contributed by atoms with Crippen LogP contribution in [0.5, 0.6) is 0 Å². The fourth-order valence-electron chi connectivity index (χ4n) is 0.0340. The molecule has 3 heteroatoms. The normalized spacial score (nSPS) is 6.00. The minimum atomic E-state index is -0.852. The Morgan fingerprint density at radius 1 is 2.00 bits per heavy atom. The first-order valence-electron chi connectivity index (χ1n) is 1.18. The van der Waals surface area contributed by atoms with E-state index in [0.717, 1.165) is 0 Å². The average Bonchev–Trinajstić information content (AvgIpc) is 1.65. The first kappa shape index (κ1) is 4.99. The maximum atomic E-state index is 9.60. The quantitative estimate of drug-likeness (QED) is 0.304. The van der Waals surface area contributed by atoms with Crippen molar-refractivity contribution in [3.05, 3.63) is 0 Å². The number of hydrogen-bond donors (Lipinski definition) is 1. The fraction of sp³-hybridized carbons (Fsp3) is 0. The molecule has 0 bridgehead atoms. The van der Waals surface area contributed by atoms with Crippen LogP contribution >= 0.6 is 0 Å². The largest absolute Gasteiger partial charge is 0.402 e. The highest BCUT2D eigenvalue weighted by Gasteiger charge is 1.84. The van der Waals surface area contributed by atoms with E-state index in [4.69, 9.17) is 0 Å². The molecule has 0 saturated heterocycles. The van der Waals surface area contributed by atoms with Crippen LogP contribution in [0.15, 0.2) is 0 Å². The number of nitrogens with two attached hydrogens (primary N) is 1. The first-order valence-corrected chi connectivity index (χ1v) is 1.18. The molecule has 0 radical (unpaired) electrons. The standard InChI is InChI=1S/C3H3NO2/c1-2-3(5)6-4/h1H,4H2. The van der Waals surface area contributed by atoms with Gasteiger partial charge in [-0.3, -0.25) is 0 Å². The highest BCUT2D eigenvalue weighted by molar-refractivity contribution is 5.87. The molecule has 3 nitrogen and oxygen atoms in total. The van der Waals surface area contributed by atoms with Crippen LogP contribution in [0, 0.1) is 12.3 Å². The highest BCUT2D eigenvalue weighted by Crippen LogP contribution is 1.56. The summed E-state index contributed by atoms with van der Waals surface area (Å²) in [6.07, 6.45) is 4.48. The molecule has 0 rings (SSSR count). The Labute approximate surface area is 35.0 Å². The fourth-order valence-corrected chi connectivity index (χ4v) is 0.0340. The van der Waals surface area contributed by atoms with Crippen molar-refractivity contribution in [1.29, 1.82) is 0 Å². The molecule has 0 aliphatic rings. The Kier molecular flexibility index (Phi) is 1.86. The molecule has 6 heavy (non-hydrogen) atoms. The number of carbonyl (C=O) groups is 1. The molecule has 0 heterocycles. The maximum Gasteiger partial charge on any atom is 0.402 e. The van der Waals surface area contributed by atoms with Crippen LogP contribution in [-0.2, 0) is 9.63 Å². The summed E-state index contributed by atoms with van der Waals surface area (Å²) in [5.74, 6) is 5.07. The Bertz CT molecular complexity index is 91.5. The van der Waals surface area contributed by atoms with Crippen molar-refractivity contribution in [2.45, 2.75) is 0 Å². The van der Waals surface area contributed by atoms with Gasteiger partial charge in [-0.1, -0.05) is 0 Å². The van der Waals surface area contributed by atoms with E-state index in [1.54, 1.807) is 5.92 Å². The van der Waals surface area contributed by atoms with Crippen molar-refractivity contribution in [1.82, 2.24) is 0 Å². The van der Waals surface area contributed by atoms with Crippen molar-refractivity contribution in [2.75, 3.05) is 0 Å². The molecule has 0 spiro atoms. The van der Waals surface area contributed by atoms with Gasteiger partial charge in [-0.05, 0) is 0 Å². The molecular formula is C3H3NO2. The summed E-state index contributed by atoms with van der Waals surface area (Å²) in [7, 11) is 0. The molecule has 0 saturated carbocycles. The van der Waals surface area contributed by atoms with Crippen LogP contribution in [0.25, 0.3) is 0 Å². The Morgan fingerprint density at radius 3 is 2.50 bits per heavy atom. The molecule has 2 N–H and O–H groups in total. The van der Waals surface area contributed by atoms with Crippen LogP contribution in [0.2, 0.25) is 0 Å². The summed E-state index contributed by atoms with van der Waals surface area (Å²) in [5, 5.41) is 0. The van der Waals surface area contributed by atoms with Crippen LogP contribution in [0.4, 0.5) is 0 Å². The zero-order valence-corrected chi connectivity index (χ0v) is 2.97. The monoisotopic (exact) mass is 85.0 g/mol. The number of rotatable bonds is 0. The number of hydrogen-bond acceptors (Lipinski definition) is 3. The van der Waals surface area contributed by atoms with Gasteiger partial charge in [0.05, 0.1) is 0 Å². The SMILES string of the molecule is C#CC(=O)ON. The average molecular weight is 85.1 g/mol. The Balaban J connectivity index is 3.33. The molecule has 0 aliphatic heterocycles. The molecule has 0 aliphatic carbocycles. The summed E-state index contributed by atoms with van der Waals surface area (Å²) in [6.45, 7) is 0. The summed E-state index contributed by atoms with van der Waals surface area (Å²) in [4.78, 5) is 13.1. The Morgan fingerprint density at radius 2 is 2.50 bits per heavy atom. The van der Waals surface area contributed by atoms with Gasteiger partial charge in [-0.15, -0.1) is 6.42 Å². The second-order valence-electron chi connectivity index (χ2n) is 0.550. The van der Waals surface area contributed by atoms with E-state index in [-0.39, 0.29) is 0 Å². The topological polar surface area (TPSA) is 52.3 Å². The van der Waals surface area contributed by atoms with E-state index in [2.05, 4.69) is 17.2 Å². The second-order valence-corrected chi connectivity index (χ2v) is 0.550. The van der Waals surface area contributed by atoms with Crippen LogP contribution in [-0.4, -0.2) is 5.97 Å². The van der Waals surface area contributed by atoms with Crippen LogP contribution < -0.4 is 5.90 Å². The maximum absolute atomic E-state index is 9.60. The zero-order chi connectivity index (χ0) is 4.99. The first-order chi connectivity index (χ1) is 2.81. The summed E-state index contributed by atoms with van der Waals surface area (Å²) < 4.78 is 0. The predicted octanol–water partition coefficient (Wildman–Crippen LogP) is -0.964. The highest BCUT2D eigenvalue weighted by atomic mass is 16.7. The van der Waals surface area contributed by atoms with E-state index < -0.39 is 5.97 Å². The van der Waals surface area contributed by atoms with Gasteiger partial charge < -0.3 is 4.84 Å². The summed E-state index contributed by atoms with van der Waals surface area (Å²) in [5.41, 5.74) is 0. The summed E-state index contributed by atoms with van der Waals surface area (Å²) >= 11 is 0. The molecule has 0 atom stereocenters. The molecule has 0 aromatic rings. The smallest absolute Gasteiger partial charge is 0.364 e. The molecular weight excluding hydrogens is 82.0 g/mol. The molecule has 0 aromatic carbocycles. The second kappa shape index (κ2) is 2.24.